The average molecular weight is 330 g/mol. The number of hydrogen-bond donors (Lipinski definition) is 1. The van der Waals surface area contributed by atoms with Crippen LogP contribution in [0.4, 0.5) is 0 Å². The predicted octanol–water partition coefficient (Wildman–Crippen LogP) is 3.25. The summed E-state index contributed by atoms with van der Waals surface area (Å²) in [6, 6.07) is 24.2. The minimum Gasteiger partial charge on any atom is -0.423 e. The Morgan fingerprint density at radius 3 is 2.56 bits per heavy atom. The maximum atomic E-state index is 11.9. The van der Waals surface area contributed by atoms with E-state index in [0.29, 0.717) is 5.58 Å². The quantitative estimate of drug-likeness (QED) is 0.347. The molecular weight excluding hydrogens is 310 g/mol. The van der Waals surface area contributed by atoms with E-state index in [2.05, 4.69) is 41.7 Å². The van der Waals surface area contributed by atoms with Crippen molar-refractivity contribution in [1.29, 1.82) is 0 Å². The molecule has 3 heteroatoms. The fourth-order valence-electron chi connectivity index (χ4n) is 3.35. The van der Waals surface area contributed by atoms with Crippen LogP contribution in [-0.2, 0) is 13.0 Å². The van der Waals surface area contributed by atoms with Crippen molar-refractivity contribution in [1.82, 2.24) is 0 Å². The van der Waals surface area contributed by atoms with Gasteiger partial charge in [0.25, 0.3) is 0 Å². The second-order valence-corrected chi connectivity index (χ2v) is 6.27. The van der Waals surface area contributed by atoms with Crippen molar-refractivity contribution in [2.24, 2.45) is 0 Å². The Kier molecular flexibility index (Phi) is 4.32. The molecule has 4 aromatic rings. The molecule has 0 fully saturated rings. The van der Waals surface area contributed by atoms with Gasteiger partial charge in [0.2, 0.25) is 0 Å². The number of rotatable bonds is 5. The Morgan fingerprint density at radius 2 is 1.68 bits per heavy atom. The van der Waals surface area contributed by atoms with E-state index < -0.39 is 0 Å². The molecular formula is C22H20NO2+. The second-order valence-electron chi connectivity index (χ2n) is 6.27. The highest BCUT2D eigenvalue weighted by Gasteiger charge is 2.10. The maximum absolute atomic E-state index is 11.9. The molecule has 0 unspecified atom stereocenters. The van der Waals surface area contributed by atoms with Gasteiger partial charge in [0.15, 0.2) is 0 Å². The molecule has 0 aliphatic carbocycles. The molecule has 1 heterocycles. The Morgan fingerprint density at radius 1 is 0.880 bits per heavy atom. The molecule has 0 atom stereocenters. The molecule has 0 saturated carbocycles. The van der Waals surface area contributed by atoms with Gasteiger partial charge < -0.3 is 9.73 Å². The molecule has 0 saturated heterocycles. The monoisotopic (exact) mass is 330 g/mol. The maximum Gasteiger partial charge on any atom is 0.336 e. The number of hydrogen-bond acceptors (Lipinski definition) is 2. The molecule has 0 aliphatic heterocycles. The SMILES string of the molecule is O=c1cc(C[NH2+]CCc2ccccc2)c2c(ccc3ccccc32)o1. The van der Waals surface area contributed by atoms with Crippen molar-refractivity contribution in [3.63, 3.8) is 0 Å². The van der Waals surface area contributed by atoms with Crippen LogP contribution in [0.15, 0.2) is 82.0 Å². The molecule has 4 rings (SSSR count). The lowest BCUT2D eigenvalue weighted by atomic mass is 10.0. The summed E-state index contributed by atoms with van der Waals surface area (Å²) in [7, 11) is 0. The van der Waals surface area contributed by atoms with Crippen molar-refractivity contribution in [2.75, 3.05) is 6.54 Å². The number of nitrogens with two attached hydrogens (primary N) is 1. The van der Waals surface area contributed by atoms with E-state index >= 15 is 0 Å². The van der Waals surface area contributed by atoms with E-state index in [1.54, 1.807) is 6.07 Å². The molecule has 0 aliphatic rings. The zero-order valence-electron chi connectivity index (χ0n) is 13.9. The lowest BCUT2D eigenvalue weighted by molar-refractivity contribution is -0.669. The van der Waals surface area contributed by atoms with Crippen LogP contribution in [-0.4, -0.2) is 6.54 Å². The smallest absolute Gasteiger partial charge is 0.336 e. The summed E-state index contributed by atoms with van der Waals surface area (Å²) in [5, 5.41) is 5.60. The fourth-order valence-corrected chi connectivity index (χ4v) is 3.35. The first-order valence-corrected chi connectivity index (χ1v) is 8.61. The zero-order chi connectivity index (χ0) is 17.1. The van der Waals surface area contributed by atoms with Gasteiger partial charge in [0, 0.05) is 23.4 Å². The third-order valence-corrected chi connectivity index (χ3v) is 4.56. The van der Waals surface area contributed by atoms with Crippen LogP contribution in [0.3, 0.4) is 0 Å². The highest BCUT2D eigenvalue weighted by molar-refractivity contribution is 6.06. The van der Waals surface area contributed by atoms with Gasteiger partial charge >= 0.3 is 5.63 Å². The minimum atomic E-state index is -0.283. The third kappa shape index (κ3) is 3.32. The molecule has 25 heavy (non-hydrogen) atoms. The second kappa shape index (κ2) is 6.91. The van der Waals surface area contributed by atoms with Crippen LogP contribution in [0.2, 0.25) is 0 Å². The van der Waals surface area contributed by atoms with Crippen LogP contribution in [0.25, 0.3) is 21.7 Å². The summed E-state index contributed by atoms with van der Waals surface area (Å²) in [6.07, 6.45) is 1.01. The molecule has 0 spiro atoms. The van der Waals surface area contributed by atoms with Crippen molar-refractivity contribution in [2.45, 2.75) is 13.0 Å². The van der Waals surface area contributed by atoms with Gasteiger partial charge in [-0.05, 0) is 22.4 Å². The first kappa shape index (κ1) is 15.6. The van der Waals surface area contributed by atoms with Crippen LogP contribution in [0.1, 0.15) is 11.1 Å². The van der Waals surface area contributed by atoms with E-state index in [-0.39, 0.29) is 5.63 Å². The van der Waals surface area contributed by atoms with Gasteiger partial charge in [-0.3, -0.25) is 0 Å². The first-order chi connectivity index (χ1) is 12.3. The average Bonchev–Trinajstić information content (AvgIpc) is 2.65. The van der Waals surface area contributed by atoms with E-state index in [1.165, 1.54) is 5.56 Å². The Hall–Kier alpha value is -2.91. The van der Waals surface area contributed by atoms with Gasteiger partial charge in [-0.25, -0.2) is 4.79 Å². The lowest BCUT2D eigenvalue weighted by Crippen LogP contribution is -2.83. The summed E-state index contributed by atoms with van der Waals surface area (Å²) in [5.41, 5.74) is 2.75. The zero-order valence-corrected chi connectivity index (χ0v) is 13.9. The lowest BCUT2D eigenvalue weighted by Gasteiger charge is -2.08. The van der Waals surface area contributed by atoms with Crippen LogP contribution < -0.4 is 10.9 Å². The molecule has 0 bridgehead atoms. The number of quaternary nitrogens is 1. The third-order valence-electron chi connectivity index (χ3n) is 4.56. The molecule has 3 aromatic carbocycles. The standard InChI is InChI=1S/C22H19NO2/c24-21-14-18(15-23-13-12-16-6-2-1-3-7-16)22-19-9-5-4-8-17(19)10-11-20(22)25-21/h1-11,14,23H,12-13,15H2/p+1. The van der Waals surface area contributed by atoms with E-state index in [0.717, 1.165) is 41.2 Å². The summed E-state index contributed by atoms with van der Waals surface area (Å²) >= 11 is 0. The van der Waals surface area contributed by atoms with E-state index in [1.807, 2.05) is 30.3 Å². The summed E-state index contributed by atoms with van der Waals surface area (Å²) in [5.74, 6) is 0. The molecule has 1 aromatic heterocycles. The fraction of sp³-hybridized carbons (Fsp3) is 0.136. The van der Waals surface area contributed by atoms with E-state index in [4.69, 9.17) is 4.42 Å². The number of fused-ring (bicyclic) bond motifs is 3. The molecule has 124 valence electrons. The Bertz CT molecular complexity index is 1070. The Labute approximate surface area is 145 Å². The summed E-state index contributed by atoms with van der Waals surface area (Å²) < 4.78 is 5.42. The Balaban J connectivity index is 1.62. The van der Waals surface area contributed by atoms with Gasteiger partial charge in [0.05, 0.1) is 6.54 Å². The van der Waals surface area contributed by atoms with Crippen molar-refractivity contribution >= 4 is 21.7 Å². The van der Waals surface area contributed by atoms with Crippen molar-refractivity contribution in [3.8, 4) is 0 Å². The molecule has 2 N–H and O–H groups in total. The van der Waals surface area contributed by atoms with Crippen molar-refractivity contribution < 1.29 is 9.73 Å². The van der Waals surface area contributed by atoms with Gasteiger partial charge in [-0.2, -0.15) is 0 Å². The van der Waals surface area contributed by atoms with Crippen LogP contribution in [0.5, 0.6) is 0 Å². The largest absolute Gasteiger partial charge is 0.423 e. The highest BCUT2D eigenvalue weighted by Crippen LogP contribution is 2.26. The topological polar surface area (TPSA) is 46.8 Å². The molecule has 0 radical (unpaired) electrons. The van der Waals surface area contributed by atoms with Crippen LogP contribution >= 0.6 is 0 Å². The van der Waals surface area contributed by atoms with E-state index in [9.17, 15) is 4.79 Å². The predicted molar refractivity (Wildman–Crippen MR) is 101 cm³/mol. The highest BCUT2D eigenvalue weighted by atomic mass is 16.4. The summed E-state index contributed by atoms with van der Waals surface area (Å²) in [6.45, 7) is 1.75. The summed E-state index contributed by atoms with van der Waals surface area (Å²) in [4.78, 5) is 11.9. The van der Waals surface area contributed by atoms with Gasteiger partial charge in [-0.1, -0.05) is 60.7 Å². The first-order valence-electron chi connectivity index (χ1n) is 8.61. The minimum absolute atomic E-state index is 0.283. The molecule has 0 amide bonds. The number of benzene rings is 3. The normalized spacial score (nSPS) is 11.2. The molecule has 3 nitrogen and oxygen atoms in total. The van der Waals surface area contributed by atoms with Crippen molar-refractivity contribution in [3.05, 3.63) is 94.3 Å². The van der Waals surface area contributed by atoms with Gasteiger partial charge in [-0.15, -0.1) is 0 Å². The van der Waals surface area contributed by atoms with Gasteiger partial charge in [0.1, 0.15) is 12.1 Å². The van der Waals surface area contributed by atoms with Crippen LogP contribution in [0, 0.1) is 0 Å².